The van der Waals surface area contributed by atoms with Gasteiger partial charge < -0.3 is 14.8 Å². The zero-order chi connectivity index (χ0) is 20.0. The van der Waals surface area contributed by atoms with Crippen LogP contribution in [-0.2, 0) is 10.2 Å². The third kappa shape index (κ3) is 3.21. The smallest absolute Gasteiger partial charge is 0.236 e. The molecule has 0 radical (unpaired) electrons. The molecule has 3 aromatic rings. The number of aryl methyl sites for hydroxylation is 1. The van der Waals surface area contributed by atoms with Crippen LogP contribution in [0.3, 0.4) is 0 Å². The minimum atomic E-state index is -0.524. The molecule has 2 heterocycles. The van der Waals surface area contributed by atoms with E-state index in [1.165, 1.54) is 0 Å². The Morgan fingerprint density at radius 1 is 1.07 bits per heavy atom. The number of carbonyl (C=O) groups is 1. The van der Waals surface area contributed by atoms with Gasteiger partial charge in [-0.1, -0.05) is 29.8 Å². The number of ether oxygens (including phenoxy) is 2. The summed E-state index contributed by atoms with van der Waals surface area (Å²) < 4.78 is 10.8. The van der Waals surface area contributed by atoms with E-state index in [-0.39, 0.29) is 14.1 Å². The maximum atomic E-state index is 13.1. The summed E-state index contributed by atoms with van der Waals surface area (Å²) in [6.07, 6.45) is 3.38. The van der Waals surface area contributed by atoms with E-state index in [4.69, 9.17) is 21.1 Å². The molecule has 0 unspecified atom stereocenters. The molecule has 0 saturated heterocycles. The molecular weight excluding hydrogens is 388 g/mol. The number of hydrogen-bond acceptors (Lipinski definition) is 4. The minimum Gasteiger partial charge on any atom is -0.454 e. The number of nitrogens with one attached hydrogen (secondary N) is 1. The van der Waals surface area contributed by atoms with Crippen LogP contribution in [0.1, 0.15) is 25.4 Å². The van der Waals surface area contributed by atoms with E-state index in [9.17, 15) is 4.79 Å². The number of amides is 1. The molecule has 2 aromatic carbocycles. The summed E-state index contributed by atoms with van der Waals surface area (Å²) in [6, 6.07) is 15.4. The van der Waals surface area contributed by atoms with Gasteiger partial charge in [0, 0.05) is 18.2 Å². The lowest BCUT2D eigenvalue weighted by Crippen LogP contribution is -2.28. The summed E-state index contributed by atoms with van der Waals surface area (Å²) in [5.41, 5.74) is 3.35. The summed E-state index contributed by atoms with van der Waals surface area (Å²) in [7, 11) is 0. The van der Waals surface area contributed by atoms with Gasteiger partial charge in [0.05, 0.1) is 5.41 Å². The topological polar surface area (TPSA) is 60.5 Å². The summed E-state index contributed by atoms with van der Waals surface area (Å²) in [5, 5.41) is 3.72. The van der Waals surface area contributed by atoms with Crippen LogP contribution in [0.4, 0.5) is 5.82 Å². The van der Waals surface area contributed by atoms with Gasteiger partial charge in [-0.3, -0.25) is 4.79 Å². The molecule has 1 aromatic heterocycles. The van der Waals surface area contributed by atoms with Gasteiger partial charge in [0.2, 0.25) is 12.7 Å². The number of rotatable bonds is 4. The highest BCUT2D eigenvalue weighted by Gasteiger charge is 2.51. The van der Waals surface area contributed by atoms with Gasteiger partial charge >= 0.3 is 0 Å². The summed E-state index contributed by atoms with van der Waals surface area (Å²) in [4.78, 5) is 17.6. The number of hydrogen-bond donors (Lipinski definition) is 1. The first-order valence-electron chi connectivity index (χ1n) is 9.49. The quantitative estimate of drug-likeness (QED) is 0.631. The second-order valence-corrected chi connectivity index (χ2v) is 7.94. The predicted octanol–water partition coefficient (Wildman–Crippen LogP) is 5.36. The average molecular weight is 409 g/mol. The molecule has 2 aliphatic rings. The Balaban J connectivity index is 0.00000218. The molecule has 1 saturated carbocycles. The van der Waals surface area contributed by atoms with Gasteiger partial charge in [0.15, 0.2) is 11.5 Å². The van der Waals surface area contributed by atoms with Crippen LogP contribution in [0.15, 0.2) is 54.7 Å². The molecule has 0 bridgehead atoms. The van der Waals surface area contributed by atoms with E-state index in [0.717, 1.165) is 40.8 Å². The van der Waals surface area contributed by atoms with Crippen molar-refractivity contribution in [3.63, 3.8) is 0 Å². The van der Waals surface area contributed by atoms with E-state index < -0.39 is 5.41 Å². The van der Waals surface area contributed by atoms with Crippen LogP contribution in [0.25, 0.3) is 11.1 Å². The van der Waals surface area contributed by atoms with E-state index in [2.05, 4.69) is 10.3 Å². The minimum absolute atomic E-state index is 0. The Bertz CT molecular complexity index is 1110. The van der Waals surface area contributed by atoms with Crippen LogP contribution in [0.2, 0.25) is 5.02 Å². The molecule has 0 atom stereocenters. The maximum absolute atomic E-state index is 13.1. The maximum Gasteiger partial charge on any atom is 0.236 e. The van der Waals surface area contributed by atoms with Gasteiger partial charge in [-0.05, 0) is 66.8 Å². The lowest BCUT2D eigenvalue weighted by molar-refractivity contribution is -0.118. The number of carbonyl (C=O) groups excluding carboxylic acids is 1. The number of halogens is 1. The largest absolute Gasteiger partial charge is 0.454 e. The normalized spacial score (nSPS) is 15.8. The van der Waals surface area contributed by atoms with Crippen molar-refractivity contribution in [1.82, 2.24) is 4.98 Å². The third-order valence-electron chi connectivity index (χ3n) is 5.60. The molecule has 29 heavy (non-hydrogen) atoms. The number of pyridine rings is 1. The van der Waals surface area contributed by atoms with Crippen LogP contribution < -0.4 is 14.8 Å². The molecule has 1 aliphatic carbocycles. The Morgan fingerprint density at radius 3 is 2.55 bits per heavy atom. The van der Waals surface area contributed by atoms with E-state index in [0.29, 0.717) is 16.6 Å². The fourth-order valence-electron chi connectivity index (χ4n) is 3.70. The van der Waals surface area contributed by atoms with Crippen LogP contribution in [0.5, 0.6) is 11.5 Å². The van der Waals surface area contributed by atoms with Gasteiger partial charge in [-0.25, -0.2) is 4.98 Å². The van der Waals surface area contributed by atoms with Gasteiger partial charge in [-0.15, -0.1) is 0 Å². The number of benzene rings is 2. The number of fused-ring (bicyclic) bond motifs is 1. The first-order valence-corrected chi connectivity index (χ1v) is 9.87. The Labute approximate surface area is 175 Å². The molecule has 1 amide bonds. The zero-order valence-corrected chi connectivity index (χ0v) is 16.6. The van der Waals surface area contributed by atoms with Crippen molar-refractivity contribution in [3.05, 3.63) is 70.9 Å². The fourth-order valence-corrected chi connectivity index (χ4v) is 3.83. The lowest BCUT2D eigenvalue weighted by Gasteiger charge is -2.17. The van der Waals surface area contributed by atoms with Crippen molar-refractivity contribution >= 4 is 23.3 Å². The monoisotopic (exact) mass is 408 g/mol. The Hall–Kier alpha value is -3.05. The van der Waals surface area contributed by atoms with Crippen molar-refractivity contribution in [2.24, 2.45) is 0 Å². The summed E-state index contributed by atoms with van der Waals surface area (Å²) in [5.74, 6) is 1.97. The molecule has 5 nitrogen and oxygen atoms in total. The zero-order valence-electron chi connectivity index (χ0n) is 15.9. The fraction of sp³-hybridized carbons (Fsp3) is 0.217. The SMILES string of the molecule is Cc1cc(-c2ccc(Cl)cc2)cnc1NC(=O)C1(c2ccc3c(c2)OCO3)CC1.[HH]. The Morgan fingerprint density at radius 2 is 1.83 bits per heavy atom. The predicted molar refractivity (Wildman–Crippen MR) is 114 cm³/mol. The molecule has 1 N–H and O–H groups in total. The molecule has 148 valence electrons. The molecule has 6 heteroatoms. The number of anilines is 1. The first-order chi connectivity index (χ1) is 14.0. The van der Waals surface area contributed by atoms with Crippen molar-refractivity contribution in [1.29, 1.82) is 0 Å². The van der Waals surface area contributed by atoms with Crippen molar-refractivity contribution in [2.75, 3.05) is 12.1 Å². The lowest BCUT2D eigenvalue weighted by atomic mass is 9.94. The van der Waals surface area contributed by atoms with Gasteiger partial charge in [0.1, 0.15) is 5.82 Å². The van der Waals surface area contributed by atoms with Crippen molar-refractivity contribution in [3.8, 4) is 22.6 Å². The van der Waals surface area contributed by atoms with E-state index in [1.807, 2.05) is 55.5 Å². The highest BCUT2D eigenvalue weighted by Crippen LogP contribution is 2.51. The second kappa shape index (κ2) is 6.78. The third-order valence-corrected chi connectivity index (χ3v) is 5.85. The Kier molecular flexibility index (Phi) is 4.21. The van der Waals surface area contributed by atoms with Crippen LogP contribution in [-0.4, -0.2) is 17.7 Å². The average Bonchev–Trinajstić information content (AvgIpc) is 3.41. The highest BCUT2D eigenvalue weighted by molar-refractivity contribution is 6.30. The van der Waals surface area contributed by atoms with Gasteiger partial charge in [-0.2, -0.15) is 0 Å². The molecular formula is C23H21ClN2O3. The van der Waals surface area contributed by atoms with Crippen molar-refractivity contribution < 1.29 is 15.7 Å². The summed E-state index contributed by atoms with van der Waals surface area (Å²) >= 11 is 5.97. The van der Waals surface area contributed by atoms with Crippen LogP contribution >= 0.6 is 11.6 Å². The number of nitrogens with zero attached hydrogens (tertiary/aromatic N) is 1. The standard InChI is InChI=1S/C23H19ClN2O3.H2/c1-14-10-16(15-2-5-18(24)6-3-15)12-25-21(14)26-22(27)23(8-9-23)17-4-7-19-20(11-17)29-13-28-19;/h2-7,10-12H,8-9,13H2,1H3,(H,25,26,27);1H. The van der Waals surface area contributed by atoms with Crippen molar-refractivity contribution in [2.45, 2.75) is 25.2 Å². The second-order valence-electron chi connectivity index (χ2n) is 7.50. The highest BCUT2D eigenvalue weighted by atomic mass is 35.5. The molecule has 5 rings (SSSR count). The first kappa shape index (κ1) is 18.0. The number of aromatic nitrogens is 1. The van der Waals surface area contributed by atoms with Gasteiger partial charge in [0.25, 0.3) is 0 Å². The van der Waals surface area contributed by atoms with E-state index in [1.54, 1.807) is 6.20 Å². The van der Waals surface area contributed by atoms with Crippen LogP contribution in [0, 0.1) is 6.92 Å². The molecule has 1 aliphatic heterocycles. The van der Waals surface area contributed by atoms with E-state index >= 15 is 0 Å². The molecule has 0 spiro atoms. The molecule has 1 fully saturated rings. The summed E-state index contributed by atoms with van der Waals surface area (Å²) in [6.45, 7) is 2.17.